The lowest BCUT2D eigenvalue weighted by Crippen LogP contribution is -2.30. The molecule has 0 heterocycles. The zero-order chi connectivity index (χ0) is 20.6. The van der Waals surface area contributed by atoms with Gasteiger partial charge in [0.2, 0.25) is 0 Å². The van der Waals surface area contributed by atoms with Gasteiger partial charge in [-0.2, -0.15) is 0 Å². The fourth-order valence-corrected chi connectivity index (χ4v) is 3.09. The molecule has 6 heteroatoms. The lowest BCUT2D eigenvalue weighted by Gasteiger charge is -2.18. The Kier molecular flexibility index (Phi) is 6.81. The van der Waals surface area contributed by atoms with E-state index >= 15 is 0 Å². The van der Waals surface area contributed by atoms with Crippen LogP contribution in [0.2, 0.25) is 0 Å². The molecule has 3 N–H and O–H groups in total. The van der Waals surface area contributed by atoms with Crippen LogP contribution >= 0.6 is 12.2 Å². The van der Waals surface area contributed by atoms with Gasteiger partial charge in [0, 0.05) is 16.9 Å². The molecule has 0 bridgehead atoms. The monoisotopic (exact) mass is 405 g/mol. The highest BCUT2D eigenvalue weighted by atomic mass is 32.1. The maximum atomic E-state index is 12.4. The number of carbonyl (C=O) groups excluding carboxylic acids is 1. The van der Waals surface area contributed by atoms with Crippen molar-refractivity contribution in [3.8, 4) is 5.75 Å². The SMILES string of the molecule is COc1ccc(NC(=S)NC(C)c2cccc(NC(=O)c3ccccc3)c2)cc1. The summed E-state index contributed by atoms with van der Waals surface area (Å²) in [6, 6.07) is 24.3. The molecule has 0 fully saturated rings. The first-order chi connectivity index (χ1) is 14.0. The zero-order valence-corrected chi connectivity index (χ0v) is 17.1. The Balaban J connectivity index is 1.60. The lowest BCUT2D eigenvalue weighted by atomic mass is 10.1. The van der Waals surface area contributed by atoms with Crippen molar-refractivity contribution in [2.24, 2.45) is 0 Å². The molecule has 0 aliphatic rings. The van der Waals surface area contributed by atoms with Crippen molar-refractivity contribution >= 4 is 34.6 Å². The van der Waals surface area contributed by atoms with Gasteiger partial charge in [-0.1, -0.05) is 30.3 Å². The highest BCUT2D eigenvalue weighted by molar-refractivity contribution is 7.80. The Morgan fingerprint density at radius 3 is 2.31 bits per heavy atom. The normalized spacial score (nSPS) is 11.2. The average Bonchev–Trinajstić information content (AvgIpc) is 2.75. The van der Waals surface area contributed by atoms with Crippen molar-refractivity contribution < 1.29 is 9.53 Å². The molecular weight excluding hydrogens is 382 g/mol. The predicted octanol–water partition coefficient (Wildman–Crippen LogP) is 5.00. The van der Waals surface area contributed by atoms with Crippen molar-refractivity contribution in [1.82, 2.24) is 5.32 Å². The van der Waals surface area contributed by atoms with Crippen molar-refractivity contribution in [2.75, 3.05) is 17.7 Å². The van der Waals surface area contributed by atoms with Crippen molar-refractivity contribution in [2.45, 2.75) is 13.0 Å². The number of thiocarbonyl (C=S) groups is 1. The van der Waals surface area contributed by atoms with Crippen LogP contribution in [0.4, 0.5) is 11.4 Å². The third-order valence-corrected chi connectivity index (χ3v) is 4.60. The minimum Gasteiger partial charge on any atom is -0.497 e. The molecule has 29 heavy (non-hydrogen) atoms. The Hall–Kier alpha value is -3.38. The van der Waals surface area contributed by atoms with E-state index in [-0.39, 0.29) is 11.9 Å². The number of amides is 1. The van der Waals surface area contributed by atoms with Crippen LogP contribution in [-0.2, 0) is 0 Å². The van der Waals surface area contributed by atoms with Crippen LogP contribution in [0.1, 0.15) is 28.9 Å². The van der Waals surface area contributed by atoms with Crippen molar-refractivity contribution in [3.05, 3.63) is 90.0 Å². The molecule has 1 amide bonds. The van der Waals surface area contributed by atoms with E-state index in [4.69, 9.17) is 17.0 Å². The van der Waals surface area contributed by atoms with E-state index in [0.717, 1.165) is 22.7 Å². The summed E-state index contributed by atoms with van der Waals surface area (Å²) in [4.78, 5) is 12.4. The zero-order valence-electron chi connectivity index (χ0n) is 16.3. The van der Waals surface area contributed by atoms with E-state index in [1.54, 1.807) is 19.2 Å². The van der Waals surface area contributed by atoms with Gasteiger partial charge in [0.25, 0.3) is 5.91 Å². The van der Waals surface area contributed by atoms with Crippen LogP contribution in [0.3, 0.4) is 0 Å². The first-order valence-electron chi connectivity index (χ1n) is 9.23. The van der Waals surface area contributed by atoms with E-state index < -0.39 is 0 Å². The standard InChI is InChI=1S/C23H23N3O2S/c1-16(24-23(29)26-19-11-13-21(28-2)14-12-19)18-9-6-10-20(15-18)25-22(27)17-7-4-3-5-8-17/h3-16H,1-2H3,(H,25,27)(H2,24,26,29). The third-order valence-electron chi connectivity index (χ3n) is 4.38. The highest BCUT2D eigenvalue weighted by Crippen LogP contribution is 2.19. The topological polar surface area (TPSA) is 62.4 Å². The van der Waals surface area contributed by atoms with Gasteiger partial charge < -0.3 is 20.7 Å². The van der Waals surface area contributed by atoms with Gasteiger partial charge in [-0.25, -0.2) is 0 Å². The van der Waals surface area contributed by atoms with Crippen LogP contribution < -0.4 is 20.7 Å². The summed E-state index contributed by atoms with van der Waals surface area (Å²) in [5.41, 5.74) is 3.24. The molecule has 0 aliphatic carbocycles. The number of ether oxygens (including phenoxy) is 1. The minimum atomic E-state index is -0.139. The van der Waals surface area contributed by atoms with E-state index in [1.807, 2.05) is 73.7 Å². The Labute approximate surface area is 176 Å². The first kappa shape index (κ1) is 20.4. The summed E-state index contributed by atoms with van der Waals surface area (Å²) in [6.45, 7) is 2.01. The predicted molar refractivity (Wildman–Crippen MR) is 122 cm³/mol. The molecule has 0 aromatic heterocycles. The molecule has 0 saturated carbocycles. The molecule has 3 aromatic carbocycles. The molecule has 1 atom stereocenters. The fourth-order valence-electron chi connectivity index (χ4n) is 2.80. The van der Waals surface area contributed by atoms with Crippen LogP contribution in [0, 0.1) is 0 Å². The van der Waals surface area contributed by atoms with Gasteiger partial charge in [0.1, 0.15) is 5.75 Å². The van der Waals surface area contributed by atoms with Crippen molar-refractivity contribution in [3.63, 3.8) is 0 Å². The number of carbonyl (C=O) groups is 1. The Morgan fingerprint density at radius 1 is 0.897 bits per heavy atom. The molecule has 1 unspecified atom stereocenters. The summed E-state index contributed by atoms with van der Waals surface area (Å²) >= 11 is 5.42. The number of benzene rings is 3. The summed E-state index contributed by atoms with van der Waals surface area (Å²) in [5, 5.41) is 9.86. The molecular formula is C23H23N3O2S. The second kappa shape index (κ2) is 9.71. The molecule has 3 rings (SSSR count). The van der Waals surface area contributed by atoms with Gasteiger partial charge in [-0.15, -0.1) is 0 Å². The summed E-state index contributed by atoms with van der Waals surface area (Å²) in [7, 11) is 1.63. The lowest BCUT2D eigenvalue weighted by molar-refractivity contribution is 0.102. The first-order valence-corrected chi connectivity index (χ1v) is 9.64. The van der Waals surface area contributed by atoms with Crippen molar-refractivity contribution in [1.29, 1.82) is 0 Å². The number of anilines is 2. The third kappa shape index (κ3) is 5.80. The average molecular weight is 406 g/mol. The number of methoxy groups -OCH3 is 1. The van der Waals surface area contributed by atoms with Crippen LogP contribution in [0.5, 0.6) is 5.75 Å². The number of hydrogen-bond donors (Lipinski definition) is 3. The molecule has 0 aliphatic heterocycles. The van der Waals surface area contributed by atoms with Gasteiger partial charge in [-0.05, 0) is 73.2 Å². The van der Waals surface area contributed by atoms with Gasteiger partial charge >= 0.3 is 0 Å². The second-order valence-corrected chi connectivity index (χ2v) is 6.90. The molecule has 148 valence electrons. The van der Waals surface area contributed by atoms with Gasteiger partial charge in [0.05, 0.1) is 13.2 Å². The number of rotatable bonds is 6. The van der Waals surface area contributed by atoms with E-state index in [0.29, 0.717) is 10.7 Å². The second-order valence-electron chi connectivity index (χ2n) is 6.49. The van der Waals surface area contributed by atoms with Crippen LogP contribution in [0.25, 0.3) is 0 Å². The maximum absolute atomic E-state index is 12.4. The number of nitrogens with one attached hydrogen (secondary N) is 3. The summed E-state index contributed by atoms with van der Waals surface area (Å²) in [6.07, 6.45) is 0. The van der Waals surface area contributed by atoms with E-state index in [2.05, 4.69) is 16.0 Å². The largest absolute Gasteiger partial charge is 0.497 e. The van der Waals surface area contributed by atoms with Gasteiger partial charge in [0.15, 0.2) is 5.11 Å². The van der Waals surface area contributed by atoms with E-state index in [9.17, 15) is 4.79 Å². The van der Waals surface area contributed by atoms with Crippen LogP contribution in [0.15, 0.2) is 78.9 Å². The molecule has 0 saturated heterocycles. The maximum Gasteiger partial charge on any atom is 0.255 e. The van der Waals surface area contributed by atoms with Gasteiger partial charge in [-0.3, -0.25) is 4.79 Å². The number of hydrogen-bond acceptors (Lipinski definition) is 3. The fraction of sp³-hybridized carbons (Fsp3) is 0.130. The highest BCUT2D eigenvalue weighted by Gasteiger charge is 2.10. The quantitative estimate of drug-likeness (QED) is 0.504. The Bertz CT molecular complexity index is 975. The molecule has 0 radical (unpaired) electrons. The summed E-state index contributed by atoms with van der Waals surface area (Å²) < 4.78 is 5.16. The van der Waals surface area contributed by atoms with E-state index in [1.165, 1.54) is 0 Å². The van der Waals surface area contributed by atoms with Crippen LogP contribution in [-0.4, -0.2) is 18.1 Å². The Morgan fingerprint density at radius 2 is 1.62 bits per heavy atom. The smallest absolute Gasteiger partial charge is 0.255 e. The summed E-state index contributed by atoms with van der Waals surface area (Å²) in [5.74, 6) is 0.650. The molecule has 5 nitrogen and oxygen atoms in total. The minimum absolute atomic E-state index is 0.0400. The molecule has 0 spiro atoms. The molecule has 3 aromatic rings.